The van der Waals surface area contributed by atoms with Gasteiger partial charge in [-0.25, -0.2) is 0 Å². The van der Waals surface area contributed by atoms with Crippen molar-refractivity contribution in [3.05, 3.63) is 65.7 Å². The zero-order chi connectivity index (χ0) is 21.8. The standard InChI is InChI=1S/C16H17NO3.C6H13NO2/c17-15(16(18)19)10-12-6-8-14(9-7-12)20-11-13-4-2-1-3-5-13;1-4(2)3-5(7)6(8)9/h1-9,15H,10-11,17H2,(H,18,19);4-5H,3,7H2,1-2H3,(H,8,9). The van der Waals surface area contributed by atoms with Gasteiger partial charge in [-0.1, -0.05) is 56.3 Å². The lowest BCUT2D eigenvalue weighted by atomic mass is 10.1. The molecule has 0 aliphatic heterocycles. The number of carbonyl (C=O) groups is 2. The molecule has 0 amide bonds. The van der Waals surface area contributed by atoms with Gasteiger partial charge in [0.2, 0.25) is 0 Å². The van der Waals surface area contributed by atoms with E-state index in [1.807, 2.05) is 68.4 Å². The fourth-order valence-electron chi connectivity index (χ4n) is 2.41. The Kier molecular flexibility index (Phi) is 10.4. The molecule has 2 atom stereocenters. The molecule has 0 bridgehead atoms. The first kappa shape index (κ1) is 24.1. The highest BCUT2D eigenvalue weighted by Gasteiger charge is 2.12. The molecule has 0 radical (unpaired) electrons. The van der Waals surface area contributed by atoms with Crippen molar-refractivity contribution in [3.63, 3.8) is 0 Å². The van der Waals surface area contributed by atoms with Crippen LogP contribution in [0.25, 0.3) is 0 Å². The van der Waals surface area contributed by atoms with Crippen LogP contribution in [-0.4, -0.2) is 34.2 Å². The van der Waals surface area contributed by atoms with Gasteiger partial charge in [-0.15, -0.1) is 0 Å². The predicted molar refractivity (Wildman–Crippen MR) is 112 cm³/mol. The topological polar surface area (TPSA) is 136 Å². The van der Waals surface area contributed by atoms with Gasteiger partial charge in [0.1, 0.15) is 24.4 Å². The van der Waals surface area contributed by atoms with Gasteiger partial charge in [0.25, 0.3) is 0 Å². The Labute approximate surface area is 171 Å². The fraction of sp³-hybridized carbons (Fsp3) is 0.364. The second-order valence-corrected chi connectivity index (χ2v) is 7.14. The van der Waals surface area contributed by atoms with Crippen LogP contribution in [0.1, 0.15) is 31.4 Å². The SMILES string of the molecule is CC(C)CC(N)C(=O)O.NC(Cc1ccc(OCc2ccccc2)cc1)C(=O)O. The highest BCUT2D eigenvalue weighted by Crippen LogP contribution is 2.15. The Morgan fingerprint density at radius 3 is 1.86 bits per heavy atom. The van der Waals surface area contributed by atoms with Crippen LogP contribution in [0.2, 0.25) is 0 Å². The van der Waals surface area contributed by atoms with E-state index in [-0.39, 0.29) is 0 Å². The number of carboxylic acid groups (broad SMARTS) is 2. The predicted octanol–water partition coefficient (Wildman–Crippen LogP) is 2.66. The smallest absolute Gasteiger partial charge is 0.320 e. The third kappa shape index (κ3) is 10.3. The highest BCUT2D eigenvalue weighted by molar-refractivity contribution is 5.73. The summed E-state index contributed by atoms with van der Waals surface area (Å²) in [6.45, 7) is 4.40. The van der Waals surface area contributed by atoms with Gasteiger partial charge in [0, 0.05) is 0 Å². The number of rotatable bonds is 9. The van der Waals surface area contributed by atoms with Crippen molar-refractivity contribution in [1.82, 2.24) is 0 Å². The van der Waals surface area contributed by atoms with E-state index in [9.17, 15) is 9.59 Å². The van der Waals surface area contributed by atoms with E-state index >= 15 is 0 Å². The molecule has 6 N–H and O–H groups in total. The molecule has 2 aromatic rings. The maximum absolute atomic E-state index is 10.7. The molecule has 0 aliphatic carbocycles. The summed E-state index contributed by atoms with van der Waals surface area (Å²) >= 11 is 0. The molecule has 0 aromatic heterocycles. The number of ether oxygens (including phenoxy) is 1. The molecule has 0 fully saturated rings. The van der Waals surface area contributed by atoms with Gasteiger partial charge in [-0.3, -0.25) is 9.59 Å². The molecular weight excluding hydrogens is 372 g/mol. The Bertz CT molecular complexity index is 748. The number of hydrogen-bond donors (Lipinski definition) is 4. The van der Waals surface area contributed by atoms with Crippen molar-refractivity contribution in [1.29, 1.82) is 0 Å². The van der Waals surface area contributed by atoms with Gasteiger partial charge in [-0.05, 0) is 42.0 Å². The largest absolute Gasteiger partial charge is 0.489 e. The number of benzene rings is 2. The lowest BCUT2D eigenvalue weighted by Crippen LogP contribution is -2.32. The lowest BCUT2D eigenvalue weighted by Gasteiger charge is -2.09. The Morgan fingerprint density at radius 2 is 1.41 bits per heavy atom. The molecular formula is C22H30N2O5. The number of aliphatic carboxylic acids is 2. The van der Waals surface area contributed by atoms with Crippen LogP contribution >= 0.6 is 0 Å². The Morgan fingerprint density at radius 1 is 0.862 bits per heavy atom. The summed E-state index contributed by atoms with van der Waals surface area (Å²) < 4.78 is 5.65. The van der Waals surface area contributed by atoms with Gasteiger partial charge < -0.3 is 26.4 Å². The van der Waals surface area contributed by atoms with E-state index in [0.29, 0.717) is 25.4 Å². The van der Waals surface area contributed by atoms with Crippen molar-refractivity contribution < 1.29 is 24.5 Å². The van der Waals surface area contributed by atoms with Crippen molar-refractivity contribution in [3.8, 4) is 5.75 Å². The van der Waals surface area contributed by atoms with E-state index in [2.05, 4.69) is 0 Å². The molecule has 0 aliphatic rings. The van der Waals surface area contributed by atoms with Gasteiger partial charge >= 0.3 is 11.9 Å². The summed E-state index contributed by atoms with van der Waals surface area (Å²) in [5, 5.41) is 17.1. The Balaban J connectivity index is 0.000000396. The van der Waals surface area contributed by atoms with Crippen LogP contribution < -0.4 is 16.2 Å². The fourth-order valence-corrected chi connectivity index (χ4v) is 2.41. The molecule has 158 valence electrons. The summed E-state index contributed by atoms with van der Waals surface area (Å²) in [4.78, 5) is 20.8. The van der Waals surface area contributed by atoms with E-state index < -0.39 is 24.0 Å². The zero-order valence-corrected chi connectivity index (χ0v) is 16.8. The van der Waals surface area contributed by atoms with Crippen molar-refractivity contribution >= 4 is 11.9 Å². The van der Waals surface area contributed by atoms with Crippen molar-refractivity contribution in [2.24, 2.45) is 17.4 Å². The summed E-state index contributed by atoms with van der Waals surface area (Å²) in [6, 6.07) is 15.7. The third-order valence-corrected chi connectivity index (χ3v) is 3.99. The Hall–Kier alpha value is -2.90. The maximum atomic E-state index is 10.7. The molecule has 7 nitrogen and oxygen atoms in total. The molecule has 2 rings (SSSR count). The first-order valence-electron chi connectivity index (χ1n) is 9.41. The molecule has 0 spiro atoms. The summed E-state index contributed by atoms with van der Waals surface area (Å²) in [5.74, 6) is -0.796. The summed E-state index contributed by atoms with van der Waals surface area (Å²) in [5.41, 5.74) is 12.7. The van der Waals surface area contributed by atoms with Crippen LogP contribution in [0.15, 0.2) is 54.6 Å². The third-order valence-electron chi connectivity index (χ3n) is 3.99. The quantitative estimate of drug-likeness (QED) is 0.506. The average Bonchev–Trinajstić information content (AvgIpc) is 2.68. The monoisotopic (exact) mass is 402 g/mol. The average molecular weight is 402 g/mol. The first-order valence-corrected chi connectivity index (χ1v) is 9.41. The van der Waals surface area contributed by atoms with Crippen LogP contribution in [-0.2, 0) is 22.6 Å². The minimum atomic E-state index is -0.991. The molecule has 0 heterocycles. The van der Waals surface area contributed by atoms with Crippen molar-refractivity contribution in [2.45, 2.75) is 45.4 Å². The van der Waals surface area contributed by atoms with E-state index in [4.69, 9.17) is 26.4 Å². The molecule has 0 saturated heterocycles. The van der Waals surface area contributed by atoms with Gasteiger partial charge in [-0.2, -0.15) is 0 Å². The van der Waals surface area contributed by atoms with E-state index in [1.165, 1.54) is 0 Å². The molecule has 2 unspecified atom stereocenters. The second kappa shape index (κ2) is 12.5. The molecule has 29 heavy (non-hydrogen) atoms. The van der Waals surface area contributed by atoms with Gasteiger partial charge in [0.15, 0.2) is 0 Å². The van der Waals surface area contributed by atoms with E-state index in [0.717, 1.165) is 16.9 Å². The first-order chi connectivity index (χ1) is 13.7. The van der Waals surface area contributed by atoms with Crippen LogP contribution in [0.5, 0.6) is 5.75 Å². The minimum Gasteiger partial charge on any atom is -0.489 e. The lowest BCUT2D eigenvalue weighted by molar-refractivity contribution is -0.139. The summed E-state index contributed by atoms with van der Waals surface area (Å²) in [7, 11) is 0. The second-order valence-electron chi connectivity index (χ2n) is 7.14. The van der Waals surface area contributed by atoms with Crippen LogP contribution in [0.3, 0.4) is 0 Å². The summed E-state index contributed by atoms with van der Waals surface area (Å²) in [6.07, 6.45) is 0.865. The van der Waals surface area contributed by atoms with Crippen molar-refractivity contribution in [2.75, 3.05) is 0 Å². The number of hydrogen-bond acceptors (Lipinski definition) is 5. The van der Waals surface area contributed by atoms with E-state index in [1.54, 1.807) is 0 Å². The molecule has 7 heteroatoms. The zero-order valence-electron chi connectivity index (χ0n) is 16.8. The molecule has 2 aromatic carbocycles. The van der Waals surface area contributed by atoms with Crippen LogP contribution in [0, 0.1) is 5.92 Å². The minimum absolute atomic E-state index is 0.314. The maximum Gasteiger partial charge on any atom is 0.320 e. The number of nitrogens with two attached hydrogens (primary N) is 2. The number of carboxylic acids is 2. The van der Waals surface area contributed by atoms with Gasteiger partial charge in [0.05, 0.1) is 0 Å². The normalized spacial score (nSPS) is 12.4. The highest BCUT2D eigenvalue weighted by atomic mass is 16.5. The molecule has 0 saturated carbocycles. The van der Waals surface area contributed by atoms with Crippen LogP contribution in [0.4, 0.5) is 0 Å².